The quantitative estimate of drug-likeness (QED) is 0.206. The van der Waals surface area contributed by atoms with Crippen LogP contribution in [0.1, 0.15) is 54.5 Å². The Labute approximate surface area is 249 Å². The number of hydrogen-bond acceptors (Lipinski definition) is 7. The topological polar surface area (TPSA) is 116 Å². The van der Waals surface area contributed by atoms with E-state index in [1.807, 2.05) is 19.1 Å². The SMILES string of the molecule is CCc1cc(-c2c(F)ccc(NS(=O)(=O)c3cc(Cl)cc4c3CC[C@H]4O)c2C)cc2cnc(NC3CCNCC3)nc12. The van der Waals surface area contributed by atoms with Crippen molar-refractivity contribution in [1.82, 2.24) is 15.3 Å². The van der Waals surface area contributed by atoms with Crippen molar-refractivity contribution in [2.24, 2.45) is 0 Å². The molecule has 6 rings (SSSR count). The molecule has 0 unspecified atom stereocenters. The van der Waals surface area contributed by atoms with Gasteiger partial charge in [-0.05, 0) is 116 Å². The van der Waals surface area contributed by atoms with Crippen LogP contribution < -0.4 is 15.4 Å². The van der Waals surface area contributed by atoms with Gasteiger partial charge in [-0.1, -0.05) is 18.5 Å². The maximum Gasteiger partial charge on any atom is 0.262 e. The molecule has 2 aliphatic rings. The normalized spacial score (nSPS) is 17.4. The highest BCUT2D eigenvalue weighted by molar-refractivity contribution is 7.92. The van der Waals surface area contributed by atoms with Gasteiger partial charge in [-0.15, -0.1) is 0 Å². The molecule has 8 nitrogen and oxygen atoms in total. The zero-order valence-electron chi connectivity index (χ0n) is 23.5. The first kappa shape index (κ1) is 28.8. The van der Waals surface area contributed by atoms with Gasteiger partial charge in [-0.2, -0.15) is 0 Å². The van der Waals surface area contributed by atoms with Crippen molar-refractivity contribution in [3.05, 3.63) is 75.7 Å². The number of sulfonamides is 1. The smallest absolute Gasteiger partial charge is 0.262 e. The van der Waals surface area contributed by atoms with Crippen molar-refractivity contribution in [1.29, 1.82) is 0 Å². The second-order valence-corrected chi connectivity index (χ2v) is 13.1. The minimum Gasteiger partial charge on any atom is -0.388 e. The molecule has 1 aromatic heterocycles. The van der Waals surface area contributed by atoms with Gasteiger partial charge in [0.15, 0.2) is 0 Å². The molecule has 0 saturated carbocycles. The predicted octanol–water partition coefficient (Wildman–Crippen LogP) is 5.90. The zero-order chi connectivity index (χ0) is 29.6. The van der Waals surface area contributed by atoms with E-state index in [4.69, 9.17) is 16.6 Å². The molecule has 0 spiro atoms. The van der Waals surface area contributed by atoms with E-state index in [-0.39, 0.29) is 15.6 Å². The van der Waals surface area contributed by atoms with E-state index in [9.17, 15) is 13.5 Å². The second-order valence-electron chi connectivity index (χ2n) is 11.0. The van der Waals surface area contributed by atoms with E-state index in [2.05, 4.69) is 20.3 Å². The highest BCUT2D eigenvalue weighted by Gasteiger charge is 2.30. The van der Waals surface area contributed by atoms with Crippen molar-refractivity contribution < 1.29 is 17.9 Å². The first-order chi connectivity index (χ1) is 20.1. The van der Waals surface area contributed by atoms with E-state index >= 15 is 4.39 Å². The maximum absolute atomic E-state index is 15.4. The molecule has 0 amide bonds. The zero-order valence-corrected chi connectivity index (χ0v) is 25.0. The Morgan fingerprint density at radius 3 is 2.69 bits per heavy atom. The molecule has 2 heterocycles. The van der Waals surface area contributed by atoms with Gasteiger partial charge >= 0.3 is 0 Å². The molecule has 220 valence electrons. The molecule has 3 aromatic carbocycles. The van der Waals surface area contributed by atoms with Crippen LogP contribution >= 0.6 is 11.6 Å². The summed E-state index contributed by atoms with van der Waals surface area (Å²) in [5.41, 5.74) is 4.45. The molecular weight excluding hydrogens is 577 g/mol. The number of aliphatic hydroxyl groups is 1. The predicted molar refractivity (Wildman–Crippen MR) is 164 cm³/mol. The Morgan fingerprint density at radius 1 is 1.14 bits per heavy atom. The van der Waals surface area contributed by atoms with Crippen LogP contribution in [0.5, 0.6) is 0 Å². The van der Waals surface area contributed by atoms with Gasteiger partial charge in [0.25, 0.3) is 10.0 Å². The monoisotopic (exact) mass is 609 g/mol. The van der Waals surface area contributed by atoms with Gasteiger partial charge in [-0.3, -0.25) is 4.72 Å². The molecule has 4 N–H and O–H groups in total. The number of benzene rings is 3. The average Bonchev–Trinajstić information content (AvgIpc) is 3.34. The summed E-state index contributed by atoms with van der Waals surface area (Å²) in [4.78, 5) is 9.37. The number of piperidine rings is 1. The minimum atomic E-state index is -4.08. The van der Waals surface area contributed by atoms with E-state index in [1.54, 1.807) is 19.2 Å². The fourth-order valence-electron chi connectivity index (χ4n) is 6.07. The Morgan fingerprint density at radius 2 is 1.93 bits per heavy atom. The van der Waals surface area contributed by atoms with E-state index in [0.29, 0.717) is 59.1 Å². The molecule has 11 heteroatoms. The van der Waals surface area contributed by atoms with Crippen LogP contribution in [0.2, 0.25) is 5.02 Å². The molecule has 0 radical (unpaired) electrons. The van der Waals surface area contributed by atoms with Crippen LogP contribution in [-0.4, -0.2) is 42.6 Å². The summed E-state index contributed by atoms with van der Waals surface area (Å²) in [6.45, 7) is 5.63. The Hall–Kier alpha value is -3.31. The fourth-order valence-corrected chi connectivity index (χ4v) is 7.81. The summed E-state index contributed by atoms with van der Waals surface area (Å²) in [5.74, 6) is 0.115. The van der Waals surface area contributed by atoms with Gasteiger partial charge in [0.2, 0.25) is 5.95 Å². The fraction of sp³-hybridized carbons (Fsp3) is 0.355. The number of fused-ring (bicyclic) bond motifs is 2. The first-order valence-corrected chi connectivity index (χ1v) is 16.1. The summed E-state index contributed by atoms with van der Waals surface area (Å²) in [6.07, 6.45) is 4.52. The molecule has 0 bridgehead atoms. The number of aromatic nitrogens is 2. The first-order valence-electron chi connectivity index (χ1n) is 14.2. The molecule has 1 aliphatic carbocycles. The number of anilines is 2. The second kappa shape index (κ2) is 11.4. The van der Waals surface area contributed by atoms with Crippen LogP contribution in [0.3, 0.4) is 0 Å². The van der Waals surface area contributed by atoms with E-state index < -0.39 is 21.9 Å². The average molecular weight is 610 g/mol. The molecule has 1 saturated heterocycles. The molecular formula is C31H33ClFN5O3S. The number of rotatable bonds is 7. The Kier molecular flexibility index (Phi) is 7.82. The maximum atomic E-state index is 15.4. The lowest BCUT2D eigenvalue weighted by Crippen LogP contribution is -2.35. The van der Waals surface area contributed by atoms with Crippen LogP contribution in [0.15, 0.2) is 47.5 Å². The number of nitrogens with zero attached hydrogens (tertiary/aromatic N) is 2. The number of nitrogens with one attached hydrogen (secondary N) is 3. The summed E-state index contributed by atoms with van der Waals surface area (Å²) in [6, 6.07) is 9.77. The standard InChI is InChI=1S/C31H33ClFN5O3S/c1-3-18-12-19(13-20-16-35-31(37-30(18)20)36-22-8-10-34-11-9-22)29-17(2)26(6-5-25(29)33)38-42(40,41)28-15-21(32)14-24-23(28)4-7-27(24)39/h5-6,12-16,22,27,34,38-39H,3-4,7-11H2,1-2H3,(H,35,36,37)/t27-/m1/s1. The largest absolute Gasteiger partial charge is 0.388 e. The van der Waals surface area contributed by atoms with Crippen LogP contribution in [-0.2, 0) is 22.9 Å². The molecule has 1 fully saturated rings. The summed E-state index contributed by atoms with van der Waals surface area (Å²) in [5, 5.41) is 18.1. The third kappa shape index (κ3) is 5.44. The lowest BCUT2D eigenvalue weighted by molar-refractivity contribution is 0.180. The summed E-state index contributed by atoms with van der Waals surface area (Å²) >= 11 is 6.23. The third-order valence-electron chi connectivity index (χ3n) is 8.29. The van der Waals surface area contributed by atoms with Crippen molar-refractivity contribution in [2.45, 2.75) is 63.0 Å². The third-order valence-corrected chi connectivity index (χ3v) is 9.94. The molecule has 1 aliphatic heterocycles. The highest BCUT2D eigenvalue weighted by atomic mass is 35.5. The number of hydrogen-bond donors (Lipinski definition) is 4. The molecule has 4 aromatic rings. The van der Waals surface area contributed by atoms with Crippen LogP contribution in [0.25, 0.3) is 22.0 Å². The van der Waals surface area contributed by atoms with Crippen molar-refractivity contribution in [2.75, 3.05) is 23.1 Å². The van der Waals surface area contributed by atoms with Crippen LogP contribution in [0.4, 0.5) is 16.0 Å². The van der Waals surface area contributed by atoms with Crippen molar-refractivity contribution >= 4 is 44.2 Å². The van der Waals surface area contributed by atoms with E-state index in [0.717, 1.165) is 42.4 Å². The number of aryl methyl sites for hydroxylation is 1. The lowest BCUT2D eigenvalue weighted by atomic mass is 9.94. The lowest BCUT2D eigenvalue weighted by Gasteiger charge is -2.23. The van der Waals surface area contributed by atoms with Gasteiger partial charge in [0, 0.05) is 28.2 Å². The Bertz CT molecular complexity index is 1790. The van der Waals surface area contributed by atoms with Gasteiger partial charge < -0.3 is 15.7 Å². The summed E-state index contributed by atoms with van der Waals surface area (Å²) < 4.78 is 45.3. The molecule has 1 atom stereocenters. The van der Waals surface area contributed by atoms with Crippen LogP contribution in [0, 0.1) is 12.7 Å². The van der Waals surface area contributed by atoms with E-state index in [1.165, 1.54) is 18.2 Å². The Balaban J connectivity index is 1.36. The number of halogens is 2. The minimum absolute atomic E-state index is 0.0249. The van der Waals surface area contributed by atoms with Gasteiger partial charge in [0.1, 0.15) is 5.82 Å². The van der Waals surface area contributed by atoms with Gasteiger partial charge in [-0.25, -0.2) is 22.8 Å². The van der Waals surface area contributed by atoms with Gasteiger partial charge in [0.05, 0.1) is 22.2 Å². The molecule has 42 heavy (non-hydrogen) atoms. The van der Waals surface area contributed by atoms with Crippen molar-refractivity contribution in [3.8, 4) is 11.1 Å². The highest BCUT2D eigenvalue weighted by Crippen LogP contribution is 2.39. The number of aliphatic hydroxyl groups excluding tert-OH is 1. The summed E-state index contributed by atoms with van der Waals surface area (Å²) in [7, 11) is -4.08. The van der Waals surface area contributed by atoms with Crippen molar-refractivity contribution in [3.63, 3.8) is 0 Å².